The first-order chi connectivity index (χ1) is 57.7. The molecule has 0 heterocycles. The lowest BCUT2D eigenvalue weighted by Crippen LogP contribution is -2.48. The fourth-order valence-electron chi connectivity index (χ4n) is 8.30. The van der Waals surface area contributed by atoms with Gasteiger partial charge in [-0.15, -0.1) is 52.7 Å². The van der Waals surface area contributed by atoms with Crippen molar-refractivity contribution in [2.45, 2.75) is 94.9 Å². The van der Waals surface area contributed by atoms with Crippen LogP contribution in [-0.4, -0.2) is 109 Å². The van der Waals surface area contributed by atoms with E-state index in [0.717, 1.165) is 62.8 Å². The van der Waals surface area contributed by atoms with Crippen molar-refractivity contribution in [2.24, 2.45) is 5.92 Å². The van der Waals surface area contributed by atoms with Crippen molar-refractivity contribution in [3.8, 4) is 130 Å². The maximum Gasteiger partial charge on any atom is 0.573 e. The van der Waals surface area contributed by atoms with Crippen molar-refractivity contribution < 1.29 is 224 Å². The second-order valence-electron chi connectivity index (χ2n) is 20.5. The summed E-state index contributed by atoms with van der Waals surface area (Å²) in [6.07, 6.45) is -56.8. The van der Waals surface area contributed by atoms with Crippen LogP contribution in [0.15, 0.2) is 47.7 Å². The molecule has 0 radical (unpaired) electrons. The molecule has 24 nitrogen and oxygen atoms in total. The number of rotatable bonds is 18. The van der Waals surface area contributed by atoms with Crippen LogP contribution in [0.1, 0.15) is 55.6 Å². The Morgan fingerprint density at radius 2 is 0.524 bits per heavy atom. The summed E-state index contributed by atoms with van der Waals surface area (Å²) in [6, 6.07) is 16.7. The minimum Gasteiger partial charge on any atom is -0.492 e. The van der Waals surface area contributed by atoms with Crippen LogP contribution in [-0.2, 0) is 9.47 Å². The Morgan fingerprint density at radius 1 is 0.286 bits per heavy atom. The van der Waals surface area contributed by atoms with Gasteiger partial charge in [0.1, 0.15) is 157 Å². The van der Waals surface area contributed by atoms with Crippen LogP contribution in [0.5, 0.6) is 57.5 Å². The van der Waals surface area contributed by atoms with Crippen LogP contribution in [0, 0.1) is 177 Å². The lowest BCUT2D eigenvalue weighted by Gasteiger charge is -2.31. The van der Waals surface area contributed by atoms with Gasteiger partial charge in [0, 0.05) is 0 Å². The molecule has 0 bridgehead atoms. The number of hydrogen-bond donors (Lipinski definition) is 0. The summed E-state index contributed by atoms with van der Waals surface area (Å²) >= 11 is 0. The molecule has 0 saturated heterocycles. The van der Waals surface area contributed by atoms with E-state index in [1.807, 2.05) is 0 Å². The third kappa shape index (κ3) is 30.3. The molecule has 0 aromatic heterocycles. The zero-order chi connectivity index (χ0) is 98.0. The fraction of sp³-hybridized carbons (Fsp3) is 0.281. The Bertz CT molecular complexity index is 5100. The maximum atomic E-state index is 13.4. The zero-order valence-corrected chi connectivity index (χ0v) is 58.7. The predicted molar refractivity (Wildman–Crippen MR) is 314 cm³/mol. The van der Waals surface area contributed by atoms with E-state index in [1.165, 1.54) is 24.3 Å². The van der Waals surface area contributed by atoms with Crippen LogP contribution >= 0.6 is 0 Å². The molecule has 2 unspecified atom stereocenters. The van der Waals surface area contributed by atoms with Crippen molar-refractivity contribution in [3.05, 3.63) is 138 Å². The van der Waals surface area contributed by atoms with E-state index < -0.39 is 249 Å². The number of ether oxygens (including phenoxy) is 12. The second-order valence-corrected chi connectivity index (χ2v) is 20.5. The molecule has 0 amide bonds. The van der Waals surface area contributed by atoms with Crippen LogP contribution in [0.4, 0.5) is 167 Å². The topological polar surface area (TPSA) is 396 Å². The van der Waals surface area contributed by atoms with E-state index in [4.69, 9.17) is 63.1 Å². The number of nitrogens with zero attached hydrogens (tertiary/aromatic N) is 12. The quantitative estimate of drug-likeness (QED) is 0.0735. The number of nitriles is 12. The van der Waals surface area contributed by atoms with E-state index in [0.29, 0.717) is 12.1 Å². The highest BCUT2D eigenvalue weighted by Gasteiger charge is 2.61. The average molecular weight is 1870 g/mol. The minimum absolute atomic E-state index is 0.0886. The number of halogens is 38. The van der Waals surface area contributed by atoms with Gasteiger partial charge in [-0.3, -0.25) is 0 Å². The molecule has 1 aliphatic rings. The highest BCUT2D eigenvalue weighted by atomic mass is 19.5. The SMILES string of the molecule is COc1c(F)c(F)c(OC)c(C#N)c1C#N.N#CC1=C(OC(C(F)(F)F)C(F)(F)F)C=CC(OC(C(F)(F)F)C(F)(F)F)C1C#N.N#Cc1c(C#N)c(OC(F)(F)F)c(F)c(F)c1OC(F)(F)F.N#Cc1c(C#N)c(OC(F)F)c(F)c(F)c1OC(F)F.N#Cc1c(OC(F)(F)F)ccc(OC(F)(F)F)c1C#N.N#Cc1c(OC(F)F)ccc(OC(F)F)c1C#N. The molecule has 62 heteroatoms. The van der Waals surface area contributed by atoms with Crippen LogP contribution in [0.25, 0.3) is 0 Å². The van der Waals surface area contributed by atoms with Crippen molar-refractivity contribution in [2.75, 3.05) is 14.2 Å². The molecule has 1 aliphatic carbocycles. The minimum atomic E-state index is -6.05. The number of methoxy groups -OCH3 is 2. The molecule has 0 fully saturated rings. The van der Waals surface area contributed by atoms with Crippen molar-refractivity contribution >= 4 is 0 Å². The lowest BCUT2D eigenvalue weighted by molar-refractivity contribution is -0.329. The Morgan fingerprint density at radius 3 is 0.754 bits per heavy atom. The highest BCUT2D eigenvalue weighted by Crippen LogP contribution is 2.46. The van der Waals surface area contributed by atoms with Crippen LogP contribution in [0.3, 0.4) is 0 Å². The van der Waals surface area contributed by atoms with Gasteiger partial charge in [0.15, 0.2) is 34.5 Å². The van der Waals surface area contributed by atoms with Gasteiger partial charge in [-0.25, -0.2) is 0 Å². The third-order valence-corrected chi connectivity index (χ3v) is 12.7. The number of hydrogen-bond acceptors (Lipinski definition) is 24. The molecule has 5 aromatic carbocycles. The van der Waals surface area contributed by atoms with Crippen molar-refractivity contribution in [3.63, 3.8) is 0 Å². The summed E-state index contributed by atoms with van der Waals surface area (Å²) in [5, 5.41) is 105. The van der Waals surface area contributed by atoms with Gasteiger partial charge < -0.3 is 56.8 Å². The lowest BCUT2D eigenvalue weighted by atomic mass is 9.89. The van der Waals surface area contributed by atoms with Crippen LogP contribution in [0.2, 0.25) is 0 Å². The van der Waals surface area contributed by atoms with Gasteiger partial charge in [0.2, 0.25) is 41.0 Å². The Balaban J connectivity index is 0.000000765. The summed E-state index contributed by atoms with van der Waals surface area (Å²) in [5.41, 5.74) is -10.9. The van der Waals surface area contributed by atoms with Gasteiger partial charge in [-0.1, -0.05) is 6.08 Å². The van der Waals surface area contributed by atoms with Gasteiger partial charge in [-0.2, -0.15) is 177 Å². The van der Waals surface area contributed by atoms with E-state index >= 15 is 0 Å². The first-order valence-electron chi connectivity index (χ1n) is 29.5. The number of alkyl halides is 32. The summed E-state index contributed by atoms with van der Waals surface area (Å²) in [7, 11) is 2.15. The molecule has 0 spiro atoms. The predicted octanol–water partition coefficient (Wildman–Crippen LogP) is 18.9. The molecule has 6 rings (SSSR count). The van der Waals surface area contributed by atoms with E-state index in [2.05, 4.69) is 56.8 Å². The summed E-state index contributed by atoms with van der Waals surface area (Å²) in [6.45, 7) is -13.6. The summed E-state index contributed by atoms with van der Waals surface area (Å²) in [4.78, 5) is 0. The fourth-order valence-corrected chi connectivity index (χ4v) is 8.30. The number of allylic oxidation sites excluding steroid dienone is 1. The number of benzene rings is 5. The highest BCUT2D eigenvalue weighted by molar-refractivity contribution is 5.65. The molecule has 0 aliphatic heterocycles. The zero-order valence-electron chi connectivity index (χ0n) is 58.7. The monoisotopic (exact) mass is 1870 g/mol. The summed E-state index contributed by atoms with van der Waals surface area (Å²) in [5.74, 6) is -27.8. The Hall–Kier alpha value is -15.4. The largest absolute Gasteiger partial charge is 0.573 e. The normalized spacial score (nSPS) is 13.1. The standard InChI is InChI=1S/C14H6F12N2O2.C10F8N2O2.2C10H2F6N2O2.C10H4F4N2O2.C10H6F2N2O2/c15-11(16,17)9(12(18,19)20)29-7-1-2-8(6(4-28)5(7)3-27)30-10(13(21,22)23)14(24,25)26;11-5-6(12)8(22-10(16,17)18)4(2-20)3(1-19)7(5)21-9(13,14)15;11-5-6(12)8(20-10(15)16)4(2-18)3(1-17)7(5)19-9(13)14;11-9(12,13)19-7-1-2-8(20-10(14,15)16)6(4-18)5(7)3-17;11-9(12)17-7-1-2-8(18-10(13)14)6(4-16)5(7)3-15;1-15-9-5(3-13)6(4-14)10(16-2)8(12)7(9)11/h1-2,5,7,9-10H;;9-10H;1-2H;1-2,9-10H;1-2H3. The van der Waals surface area contributed by atoms with Gasteiger partial charge >= 0.3 is 76.6 Å². The van der Waals surface area contributed by atoms with E-state index in [9.17, 15) is 167 Å². The van der Waals surface area contributed by atoms with E-state index in [1.54, 1.807) is 12.1 Å². The molecule has 674 valence electrons. The molecular weight excluding hydrogens is 1850 g/mol. The molecule has 126 heavy (non-hydrogen) atoms. The van der Waals surface area contributed by atoms with Gasteiger partial charge in [0.25, 0.3) is 6.10 Å². The summed E-state index contributed by atoms with van der Waals surface area (Å²) < 4.78 is 517. The molecule has 0 N–H and O–H groups in total. The molecular formula is C64H20F38N12O12. The smallest absolute Gasteiger partial charge is 0.492 e. The van der Waals surface area contributed by atoms with Crippen molar-refractivity contribution in [1.29, 1.82) is 63.1 Å². The van der Waals surface area contributed by atoms with Gasteiger partial charge in [0.05, 0.1) is 32.0 Å². The van der Waals surface area contributed by atoms with E-state index in [-0.39, 0.29) is 23.3 Å². The second kappa shape index (κ2) is 44.4. The first kappa shape index (κ1) is 109. The van der Waals surface area contributed by atoms with Gasteiger partial charge in [-0.05, 0) is 30.3 Å². The first-order valence-corrected chi connectivity index (χ1v) is 29.5. The Kier molecular flexibility index (Phi) is 38.2. The maximum absolute atomic E-state index is 13.4. The Labute approximate surface area is 669 Å². The average Bonchev–Trinajstić information content (AvgIpc) is 0.767. The van der Waals surface area contributed by atoms with Crippen LogP contribution < -0.4 is 47.4 Å². The molecule has 2 atom stereocenters. The third-order valence-electron chi connectivity index (χ3n) is 12.7. The van der Waals surface area contributed by atoms with Crippen molar-refractivity contribution in [1.82, 2.24) is 0 Å². The molecule has 0 saturated carbocycles. The molecule has 5 aromatic rings.